The van der Waals surface area contributed by atoms with E-state index in [4.69, 9.17) is 14.2 Å². The fourth-order valence-corrected chi connectivity index (χ4v) is 4.00. The van der Waals surface area contributed by atoms with Crippen molar-refractivity contribution >= 4 is 28.2 Å². The number of anilines is 2. The molecule has 8 nitrogen and oxygen atoms in total. The lowest BCUT2D eigenvalue weighted by atomic mass is 10.1. The van der Waals surface area contributed by atoms with Crippen LogP contribution in [0.3, 0.4) is 0 Å². The predicted molar refractivity (Wildman–Crippen MR) is 141 cm³/mol. The van der Waals surface area contributed by atoms with Crippen molar-refractivity contribution < 1.29 is 19.0 Å². The molecule has 0 aliphatic heterocycles. The van der Waals surface area contributed by atoms with E-state index in [0.717, 1.165) is 16.6 Å². The zero-order valence-electron chi connectivity index (χ0n) is 20.8. The maximum atomic E-state index is 13.6. The third-order valence-corrected chi connectivity index (χ3v) is 5.89. The maximum Gasteiger partial charge on any atom is 0.256 e. The number of nitrogens with zero attached hydrogens (tertiary/aromatic N) is 1. The van der Waals surface area contributed by atoms with Gasteiger partial charge >= 0.3 is 0 Å². The molecule has 0 fully saturated rings. The maximum absolute atomic E-state index is 13.6. The number of carbonyl (C=O) groups excluding carboxylic acids is 1. The topological polar surface area (TPSA) is 90.8 Å². The molecule has 8 heteroatoms. The number of hydrogen-bond acceptors (Lipinski definition) is 6. The minimum atomic E-state index is -0.360. The van der Waals surface area contributed by atoms with Crippen molar-refractivity contribution in [3.8, 4) is 17.2 Å². The first-order chi connectivity index (χ1) is 17.4. The van der Waals surface area contributed by atoms with Crippen molar-refractivity contribution in [2.45, 2.75) is 20.0 Å². The number of para-hydroxylation sites is 2. The van der Waals surface area contributed by atoms with Gasteiger partial charge in [-0.25, -0.2) is 0 Å². The summed E-state index contributed by atoms with van der Waals surface area (Å²) in [7, 11) is 4.62. The molecule has 1 heterocycles. The summed E-state index contributed by atoms with van der Waals surface area (Å²) in [6, 6.07) is 20.4. The third-order valence-electron chi connectivity index (χ3n) is 5.89. The summed E-state index contributed by atoms with van der Waals surface area (Å²) < 4.78 is 17.7. The molecule has 4 rings (SSSR count). The number of carbonyl (C=O) groups is 1. The van der Waals surface area contributed by atoms with Crippen molar-refractivity contribution in [3.05, 3.63) is 88.2 Å². The van der Waals surface area contributed by atoms with Crippen molar-refractivity contribution in [1.29, 1.82) is 0 Å². The minimum absolute atomic E-state index is 0.193. The fourth-order valence-electron chi connectivity index (χ4n) is 4.00. The van der Waals surface area contributed by atoms with Gasteiger partial charge in [0.25, 0.3) is 5.56 Å². The Hall–Kier alpha value is -4.46. The number of benzene rings is 3. The molecule has 1 aromatic heterocycles. The van der Waals surface area contributed by atoms with Crippen LogP contribution in [0.1, 0.15) is 11.1 Å². The number of methoxy groups -OCH3 is 3. The van der Waals surface area contributed by atoms with Gasteiger partial charge in [-0.3, -0.25) is 14.2 Å². The van der Waals surface area contributed by atoms with E-state index < -0.39 is 0 Å². The van der Waals surface area contributed by atoms with E-state index in [1.807, 2.05) is 43.3 Å². The van der Waals surface area contributed by atoms with Gasteiger partial charge in [-0.2, -0.15) is 0 Å². The number of aryl methyl sites for hydroxylation is 1. The van der Waals surface area contributed by atoms with E-state index in [-0.39, 0.29) is 18.0 Å². The summed E-state index contributed by atoms with van der Waals surface area (Å²) in [5.74, 6) is 1.17. The van der Waals surface area contributed by atoms with Gasteiger partial charge < -0.3 is 24.8 Å². The smallest absolute Gasteiger partial charge is 0.256 e. The number of amides is 1. The van der Waals surface area contributed by atoms with Gasteiger partial charge in [0.15, 0.2) is 11.5 Å². The van der Waals surface area contributed by atoms with Gasteiger partial charge in [-0.1, -0.05) is 29.8 Å². The Morgan fingerprint density at radius 2 is 1.53 bits per heavy atom. The molecule has 2 N–H and O–H groups in total. The fraction of sp³-hybridized carbons (Fsp3) is 0.214. The van der Waals surface area contributed by atoms with Crippen molar-refractivity contribution in [2.75, 3.05) is 32.0 Å². The summed E-state index contributed by atoms with van der Waals surface area (Å²) in [4.78, 5) is 26.6. The van der Waals surface area contributed by atoms with Crippen LogP contribution >= 0.6 is 0 Å². The highest BCUT2D eigenvalue weighted by Crippen LogP contribution is 2.32. The average Bonchev–Trinajstić information content (AvgIpc) is 2.89. The van der Waals surface area contributed by atoms with E-state index in [1.54, 1.807) is 37.4 Å². The van der Waals surface area contributed by atoms with E-state index in [0.29, 0.717) is 40.6 Å². The molecule has 0 aliphatic rings. The van der Waals surface area contributed by atoms with Crippen LogP contribution in [0, 0.1) is 6.92 Å². The molecule has 0 spiro atoms. The van der Waals surface area contributed by atoms with Crippen LogP contribution < -0.4 is 30.4 Å². The molecule has 1 amide bonds. The molecule has 0 aliphatic carbocycles. The lowest BCUT2D eigenvalue weighted by Gasteiger charge is -2.17. The van der Waals surface area contributed by atoms with Gasteiger partial charge in [0.2, 0.25) is 5.91 Å². The van der Waals surface area contributed by atoms with Crippen LogP contribution in [0.2, 0.25) is 0 Å². The largest absolute Gasteiger partial charge is 0.495 e. The first kappa shape index (κ1) is 24.7. The summed E-state index contributed by atoms with van der Waals surface area (Å²) in [6.07, 6.45) is 0. The second kappa shape index (κ2) is 10.9. The van der Waals surface area contributed by atoms with Gasteiger partial charge in [0.1, 0.15) is 12.3 Å². The highest BCUT2D eigenvalue weighted by atomic mass is 16.5. The second-order valence-corrected chi connectivity index (χ2v) is 8.29. The summed E-state index contributed by atoms with van der Waals surface area (Å²) >= 11 is 0. The van der Waals surface area contributed by atoms with E-state index >= 15 is 0 Å². The molecule has 0 atom stereocenters. The Bertz CT molecular complexity index is 1440. The van der Waals surface area contributed by atoms with Gasteiger partial charge in [-0.15, -0.1) is 0 Å². The molecule has 0 radical (unpaired) electrons. The molecule has 36 heavy (non-hydrogen) atoms. The molecule has 3 aromatic carbocycles. The first-order valence-electron chi connectivity index (χ1n) is 11.5. The molecule has 0 saturated heterocycles. The summed E-state index contributed by atoms with van der Waals surface area (Å²) in [5.41, 5.74) is 3.37. The lowest BCUT2D eigenvalue weighted by Crippen LogP contribution is -2.30. The Kier molecular flexibility index (Phi) is 7.44. The number of nitrogens with one attached hydrogen (secondary N) is 2. The Labute approximate surface area is 209 Å². The number of aromatic nitrogens is 1. The predicted octanol–water partition coefficient (Wildman–Crippen LogP) is 4.59. The highest BCUT2D eigenvalue weighted by molar-refractivity contribution is 5.93. The minimum Gasteiger partial charge on any atom is -0.495 e. The van der Waals surface area contributed by atoms with Gasteiger partial charge in [-0.05, 0) is 43.3 Å². The quantitative estimate of drug-likeness (QED) is 0.359. The molecule has 0 unspecified atom stereocenters. The lowest BCUT2D eigenvalue weighted by molar-refractivity contribution is -0.116. The summed E-state index contributed by atoms with van der Waals surface area (Å²) in [6.45, 7) is 2.12. The van der Waals surface area contributed by atoms with Crippen LogP contribution in [0.15, 0.2) is 71.5 Å². The molecular weight excluding hydrogens is 458 g/mol. The van der Waals surface area contributed by atoms with Crippen molar-refractivity contribution in [1.82, 2.24) is 4.57 Å². The van der Waals surface area contributed by atoms with Crippen LogP contribution in [-0.4, -0.2) is 31.8 Å². The standard InChI is InChI=1S/C28H29N3O5/c1-18-9-11-21(12-10-18)29-16-20-13-19-14-25(35-3)26(36-4)15-23(19)31(28(20)33)17-27(32)30-22-7-5-6-8-24(22)34-2/h5-15,29H,16-17H2,1-4H3,(H,30,32). The first-order valence-corrected chi connectivity index (χ1v) is 11.5. The molecule has 0 bridgehead atoms. The number of rotatable bonds is 9. The normalized spacial score (nSPS) is 10.7. The van der Waals surface area contributed by atoms with E-state index in [2.05, 4.69) is 10.6 Å². The average molecular weight is 488 g/mol. The zero-order chi connectivity index (χ0) is 25.7. The number of fused-ring (bicyclic) bond motifs is 1. The Balaban J connectivity index is 1.73. The Morgan fingerprint density at radius 3 is 2.22 bits per heavy atom. The molecule has 0 saturated carbocycles. The Morgan fingerprint density at radius 1 is 0.861 bits per heavy atom. The van der Waals surface area contributed by atoms with Gasteiger partial charge in [0, 0.05) is 29.2 Å². The van der Waals surface area contributed by atoms with E-state index in [9.17, 15) is 9.59 Å². The van der Waals surface area contributed by atoms with Crippen LogP contribution in [0.4, 0.5) is 11.4 Å². The monoisotopic (exact) mass is 487 g/mol. The van der Waals surface area contributed by atoms with E-state index in [1.165, 1.54) is 18.8 Å². The van der Waals surface area contributed by atoms with Crippen LogP contribution in [-0.2, 0) is 17.9 Å². The molecule has 4 aromatic rings. The summed E-state index contributed by atoms with van der Waals surface area (Å²) in [5, 5.41) is 6.88. The number of hydrogen-bond donors (Lipinski definition) is 2. The van der Waals surface area contributed by atoms with Crippen LogP contribution in [0.5, 0.6) is 17.2 Å². The molecular formula is C28H29N3O5. The van der Waals surface area contributed by atoms with Crippen molar-refractivity contribution in [3.63, 3.8) is 0 Å². The second-order valence-electron chi connectivity index (χ2n) is 8.29. The number of pyridine rings is 1. The SMILES string of the molecule is COc1ccccc1NC(=O)Cn1c(=O)c(CNc2ccc(C)cc2)cc2cc(OC)c(OC)cc21. The third kappa shape index (κ3) is 5.27. The molecule has 186 valence electrons. The zero-order valence-corrected chi connectivity index (χ0v) is 20.8. The van der Waals surface area contributed by atoms with Crippen LogP contribution in [0.25, 0.3) is 10.9 Å². The van der Waals surface area contributed by atoms with Crippen molar-refractivity contribution in [2.24, 2.45) is 0 Å². The number of ether oxygens (including phenoxy) is 3. The van der Waals surface area contributed by atoms with Gasteiger partial charge in [0.05, 0.1) is 32.5 Å². The highest BCUT2D eigenvalue weighted by Gasteiger charge is 2.17.